The van der Waals surface area contributed by atoms with E-state index in [-0.39, 0.29) is 0 Å². The molecular weight excluding hydrogens is 364 g/mol. The van der Waals surface area contributed by atoms with Crippen LogP contribution >= 0.6 is 0 Å². The first-order valence-electron chi connectivity index (χ1n) is 9.18. The van der Waals surface area contributed by atoms with E-state index in [1.807, 2.05) is 55.5 Å². The number of H-pyrrole nitrogens is 1. The maximum absolute atomic E-state index is 13.2. The number of fused-ring (bicyclic) bond motifs is 2. The van der Waals surface area contributed by atoms with E-state index in [0.717, 1.165) is 26.5 Å². The first kappa shape index (κ1) is 17.1. The third-order valence-electron chi connectivity index (χ3n) is 5.09. The molecule has 0 atom stereocenters. The molecule has 0 bridgehead atoms. The minimum atomic E-state index is -0.511. The molecule has 5 rings (SSSR count). The second-order valence-corrected chi connectivity index (χ2v) is 6.88. The first-order valence-corrected chi connectivity index (χ1v) is 9.18. The van der Waals surface area contributed by atoms with E-state index in [2.05, 4.69) is 15.0 Å². The Hall–Kier alpha value is -4.06. The van der Waals surface area contributed by atoms with Gasteiger partial charge in [0.15, 0.2) is 0 Å². The maximum Gasteiger partial charge on any atom is 0.333 e. The third kappa shape index (κ3) is 2.73. The van der Waals surface area contributed by atoms with Gasteiger partial charge in [0, 0.05) is 28.7 Å². The quantitative estimate of drug-likeness (QED) is 0.507. The number of hydrogen-bond donors (Lipinski definition) is 1. The number of pyridine rings is 2. The second-order valence-electron chi connectivity index (χ2n) is 6.88. The Kier molecular flexibility index (Phi) is 3.84. The molecule has 29 heavy (non-hydrogen) atoms. The van der Waals surface area contributed by atoms with Crippen molar-refractivity contribution in [2.75, 3.05) is 0 Å². The molecule has 6 nitrogen and oxygen atoms in total. The highest BCUT2D eigenvalue weighted by atomic mass is 16.2. The van der Waals surface area contributed by atoms with Crippen LogP contribution in [0.4, 0.5) is 0 Å². The number of nitrogens with zero attached hydrogens (tertiary/aromatic N) is 3. The highest BCUT2D eigenvalue weighted by molar-refractivity contribution is 5.89. The molecule has 0 fully saturated rings. The summed E-state index contributed by atoms with van der Waals surface area (Å²) in [5.41, 5.74) is 2.69. The lowest BCUT2D eigenvalue weighted by Gasteiger charge is -2.10. The van der Waals surface area contributed by atoms with Gasteiger partial charge in [-0.25, -0.2) is 9.36 Å². The Bertz CT molecular complexity index is 1510. The maximum atomic E-state index is 13.2. The van der Waals surface area contributed by atoms with Crippen molar-refractivity contribution in [3.8, 4) is 16.9 Å². The van der Waals surface area contributed by atoms with Gasteiger partial charge in [0.1, 0.15) is 0 Å². The summed E-state index contributed by atoms with van der Waals surface area (Å²) in [6, 6.07) is 17.1. The van der Waals surface area contributed by atoms with Crippen molar-refractivity contribution in [1.29, 1.82) is 0 Å². The van der Waals surface area contributed by atoms with Crippen LogP contribution in [0.1, 0.15) is 5.56 Å². The number of aromatic amines is 1. The zero-order valence-corrected chi connectivity index (χ0v) is 15.6. The molecule has 6 heteroatoms. The molecule has 140 valence electrons. The van der Waals surface area contributed by atoms with Crippen LogP contribution < -0.4 is 11.2 Å². The highest BCUT2D eigenvalue weighted by Gasteiger charge is 2.14. The Labute approximate surface area is 165 Å². The molecule has 0 radical (unpaired) electrons. The van der Waals surface area contributed by atoms with Gasteiger partial charge in [-0.3, -0.25) is 14.8 Å². The Morgan fingerprint density at radius 2 is 1.69 bits per heavy atom. The van der Waals surface area contributed by atoms with Gasteiger partial charge in [0.2, 0.25) is 0 Å². The average molecular weight is 380 g/mol. The fourth-order valence-corrected chi connectivity index (χ4v) is 3.62. The molecule has 0 aliphatic carbocycles. The van der Waals surface area contributed by atoms with Crippen molar-refractivity contribution in [2.24, 2.45) is 0 Å². The van der Waals surface area contributed by atoms with Gasteiger partial charge >= 0.3 is 5.69 Å². The summed E-state index contributed by atoms with van der Waals surface area (Å²) in [7, 11) is 0. The molecule has 0 spiro atoms. The normalized spacial score (nSPS) is 11.2. The molecular formula is C23H16N4O2. The molecule has 2 aromatic carbocycles. The molecule has 1 N–H and O–H groups in total. The lowest BCUT2D eigenvalue weighted by molar-refractivity contribution is 0.901. The molecule has 0 saturated heterocycles. The van der Waals surface area contributed by atoms with Gasteiger partial charge in [-0.1, -0.05) is 48.5 Å². The minimum Gasteiger partial charge on any atom is -0.306 e. The van der Waals surface area contributed by atoms with Crippen molar-refractivity contribution in [1.82, 2.24) is 19.5 Å². The van der Waals surface area contributed by atoms with E-state index >= 15 is 0 Å². The monoisotopic (exact) mass is 380 g/mol. The van der Waals surface area contributed by atoms with E-state index in [9.17, 15) is 9.59 Å². The standard InChI is InChI=1S/C23H16N4O2/c1-14-6-2-4-8-16(14)19-10-20-18(12-25-19)22(28)27(23(29)26-20)21-13-24-11-15-7-3-5-9-17(15)21/h2-13H,1H3,(H,26,29). The summed E-state index contributed by atoms with van der Waals surface area (Å²) in [5.74, 6) is 0. The van der Waals surface area contributed by atoms with Crippen LogP contribution in [0.5, 0.6) is 0 Å². The second kappa shape index (κ2) is 6.53. The number of rotatable bonds is 2. The van der Waals surface area contributed by atoms with E-state index in [1.165, 1.54) is 12.4 Å². The van der Waals surface area contributed by atoms with Crippen LogP contribution in [-0.2, 0) is 0 Å². The number of hydrogen-bond acceptors (Lipinski definition) is 4. The molecule has 3 aromatic heterocycles. The lowest BCUT2D eigenvalue weighted by Crippen LogP contribution is -2.33. The number of benzene rings is 2. The Morgan fingerprint density at radius 3 is 2.55 bits per heavy atom. The van der Waals surface area contributed by atoms with E-state index < -0.39 is 11.2 Å². The van der Waals surface area contributed by atoms with Crippen LogP contribution in [-0.4, -0.2) is 19.5 Å². The largest absolute Gasteiger partial charge is 0.333 e. The van der Waals surface area contributed by atoms with Gasteiger partial charge in [-0.2, -0.15) is 0 Å². The molecule has 0 aliphatic heterocycles. The molecule has 0 saturated carbocycles. The lowest BCUT2D eigenvalue weighted by atomic mass is 10.0. The van der Waals surface area contributed by atoms with Crippen LogP contribution in [0.2, 0.25) is 0 Å². The van der Waals surface area contributed by atoms with Gasteiger partial charge in [-0.15, -0.1) is 0 Å². The number of aryl methyl sites for hydroxylation is 1. The highest BCUT2D eigenvalue weighted by Crippen LogP contribution is 2.23. The van der Waals surface area contributed by atoms with Crippen LogP contribution in [0.25, 0.3) is 38.6 Å². The van der Waals surface area contributed by atoms with Gasteiger partial charge < -0.3 is 4.98 Å². The summed E-state index contributed by atoms with van der Waals surface area (Å²) < 4.78 is 1.12. The Balaban J connectivity index is 1.78. The summed E-state index contributed by atoms with van der Waals surface area (Å²) in [6.45, 7) is 2.00. The fraction of sp³-hybridized carbons (Fsp3) is 0.0435. The summed E-state index contributed by atoms with van der Waals surface area (Å²) in [5, 5.41) is 1.97. The molecule has 0 amide bonds. The molecule has 3 heterocycles. The van der Waals surface area contributed by atoms with Crippen LogP contribution in [0.3, 0.4) is 0 Å². The van der Waals surface area contributed by atoms with Crippen molar-refractivity contribution < 1.29 is 0 Å². The van der Waals surface area contributed by atoms with Crippen molar-refractivity contribution >= 4 is 21.7 Å². The molecule has 5 aromatic rings. The fourth-order valence-electron chi connectivity index (χ4n) is 3.62. The van der Waals surface area contributed by atoms with E-state index in [4.69, 9.17) is 0 Å². The first-order chi connectivity index (χ1) is 14.1. The molecule has 0 aliphatic rings. The number of nitrogens with one attached hydrogen (secondary N) is 1. The average Bonchev–Trinajstić information content (AvgIpc) is 2.74. The summed E-state index contributed by atoms with van der Waals surface area (Å²) in [6.07, 6.45) is 4.75. The van der Waals surface area contributed by atoms with Gasteiger partial charge in [0.05, 0.1) is 28.5 Å². The van der Waals surface area contributed by atoms with Crippen LogP contribution in [0, 0.1) is 6.92 Å². The van der Waals surface area contributed by atoms with E-state index in [0.29, 0.717) is 22.3 Å². The number of aromatic nitrogens is 4. The smallest absolute Gasteiger partial charge is 0.306 e. The topological polar surface area (TPSA) is 80.6 Å². The minimum absolute atomic E-state index is 0.342. The zero-order chi connectivity index (χ0) is 20.0. The third-order valence-corrected chi connectivity index (χ3v) is 5.09. The summed E-state index contributed by atoms with van der Waals surface area (Å²) >= 11 is 0. The van der Waals surface area contributed by atoms with Gasteiger partial charge in [-0.05, 0) is 18.6 Å². The summed E-state index contributed by atoms with van der Waals surface area (Å²) in [4.78, 5) is 37.5. The zero-order valence-electron chi connectivity index (χ0n) is 15.6. The van der Waals surface area contributed by atoms with Crippen molar-refractivity contribution in [2.45, 2.75) is 6.92 Å². The Morgan fingerprint density at radius 1 is 0.897 bits per heavy atom. The SMILES string of the molecule is Cc1ccccc1-c1cc2[nH]c(=O)n(-c3cncc4ccccc34)c(=O)c2cn1. The van der Waals surface area contributed by atoms with E-state index in [1.54, 1.807) is 12.3 Å². The predicted molar refractivity (Wildman–Crippen MR) is 113 cm³/mol. The van der Waals surface area contributed by atoms with Crippen LogP contribution in [0.15, 0.2) is 82.8 Å². The van der Waals surface area contributed by atoms with Gasteiger partial charge in [0.25, 0.3) is 5.56 Å². The molecule has 0 unspecified atom stereocenters. The van der Waals surface area contributed by atoms with Crippen molar-refractivity contribution in [3.05, 3.63) is 99.6 Å². The van der Waals surface area contributed by atoms with Crippen molar-refractivity contribution in [3.63, 3.8) is 0 Å². The predicted octanol–water partition coefficient (Wildman–Crippen LogP) is 3.60.